The second kappa shape index (κ2) is 9.30. The van der Waals surface area contributed by atoms with E-state index in [2.05, 4.69) is 10.2 Å². The zero-order chi connectivity index (χ0) is 20.6. The van der Waals surface area contributed by atoms with Gasteiger partial charge in [0.2, 0.25) is 0 Å². The van der Waals surface area contributed by atoms with Crippen molar-refractivity contribution in [1.82, 2.24) is 0 Å². The molecule has 0 aliphatic heterocycles. The predicted molar refractivity (Wildman–Crippen MR) is 120 cm³/mol. The molecule has 4 aromatic rings. The van der Waals surface area contributed by atoms with Crippen molar-refractivity contribution in [3.63, 3.8) is 0 Å². The Balaban J connectivity index is 1.81. The molecule has 4 rings (SSSR count). The van der Waals surface area contributed by atoms with Crippen LogP contribution >= 0.6 is 0 Å². The number of hydrogen-bond donors (Lipinski definition) is 0. The van der Waals surface area contributed by atoms with Crippen LogP contribution in [-0.4, -0.2) is 6.03 Å². The van der Waals surface area contributed by atoms with Gasteiger partial charge in [-0.05, 0) is 48.5 Å². The normalized spacial score (nSPS) is 10.7. The Morgan fingerprint density at radius 1 is 0.533 bits per heavy atom. The van der Waals surface area contributed by atoms with E-state index in [9.17, 15) is 4.79 Å². The van der Waals surface area contributed by atoms with Gasteiger partial charge in [0.25, 0.3) is 0 Å². The molecule has 0 aromatic heterocycles. The van der Waals surface area contributed by atoms with E-state index < -0.39 is 6.03 Å². The fourth-order valence-electron chi connectivity index (χ4n) is 3.04. The maximum Gasteiger partial charge on any atom is 0.386 e. The maximum absolute atomic E-state index is 13.3. The number of urea groups is 1. The number of nitrogens with zero attached hydrogens (tertiary/aromatic N) is 4. The number of carbonyl (C=O) groups excluding carboxylic acids is 1. The molecule has 0 saturated carbocycles. The highest BCUT2D eigenvalue weighted by Gasteiger charge is 2.25. The van der Waals surface area contributed by atoms with Crippen molar-refractivity contribution in [1.29, 1.82) is 0 Å². The number of azo groups is 1. The molecule has 0 saturated heterocycles. The first kappa shape index (κ1) is 19.1. The fourth-order valence-corrected chi connectivity index (χ4v) is 3.04. The minimum absolute atomic E-state index is 0.502. The van der Waals surface area contributed by atoms with Gasteiger partial charge in [0.1, 0.15) is 0 Å². The molecule has 5 nitrogen and oxygen atoms in total. The van der Waals surface area contributed by atoms with Crippen molar-refractivity contribution < 1.29 is 4.79 Å². The lowest BCUT2D eigenvalue weighted by atomic mass is 10.2. The molecular formula is C25H20N4O. The van der Waals surface area contributed by atoms with Crippen LogP contribution in [0.25, 0.3) is 0 Å². The van der Waals surface area contributed by atoms with Crippen LogP contribution in [0, 0.1) is 0 Å². The molecule has 0 bridgehead atoms. The van der Waals surface area contributed by atoms with Crippen molar-refractivity contribution in [2.45, 2.75) is 0 Å². The van der Waals surface area contributed by atoms with Gasteiger partial charge in [-0.1, -0.05) is 77.9 Å². The van der Waals surface area contributed by atoms with Gasteiger partial charge in [-0.25, -0.2) is 9.80 Å². The molecule has 4 aromatic carbocycles. The van der Waals surface area contributed by atoms with Crippen molar-refractivity contribution in [3.05, 3.63) is 121 Å². The number of benzene rings is 4. The molecule has 0 aliphatic rings. The minimum Gasteiger partial charge on any atom is -0.245 e. The molecule has 0 aliphatic carbocycles. The van der Waals surface area contributed by atoms with E-state index in [1.807, 2.05) is 114 Å². The van der Waals surface area contributed by atoms with E-state index >= 15 is 0 Å². The van der Waals surface area contributed by atoms with E-state index in [-0.39, 0.29) is 0 Å². The predicted octanol–water partition coefficient (Wildman–Crippen LogP) is 7.15. The molecule has 0 radical (unpaired) electrons. The zero-order valence-electron chi connectivity index (χ0n) is 16.2. The highest BCUT2D eigenvalue weighted by molar-refractivity contribution is 5.97. The van der Waals surface area contributed by atoms with Crippen LogP contribution in [0.15, 0.2) is 132 Å². The standard InChI is InChI=1S/C25H20N4O/c30-25(27-26-21-13-5-1-6-14-21)29(24-19-11-4-12-20-24)28(22-15-7-2-8-16-22)23-17-9-3-10-18-23/h1-20H. The van der Waals surface area contributed by atoms with E-state index in [4.69, 9.17) is 0 Å². The van der Waals surface area contributed by atoms with Crippen LogP contribution in [0.1, 0.15) is 0 Å². The SMILES string of the molecule is O=C(N=Nc1ccccc1)N(c1ccccc1)N(c1ccccc1)c1ccccc1. The summed E-state index contributed by atoms with van der Waals surface area (Å²) in [6.07, 6.45) is 0. The zero-order valence-corrected chi connectivity index (χ0v) is 16.2. The van der Waals surface area contributed by atoms with Crippen LogP contribution in [0.4, 0.5) is 27.5 Å². The quantitative estimate of drug-likeness (QED) is 0.267. The smallest absolute Gasteiger partial charge is 0.245 e. The van der Waals surface area contributed by atoms with Crippen molar-refractivity contribution >= 4 is 28.8 Å². The van der Waals surface area contributed by atoms with E-state index in [1.165, 1.54) is 5.01 Å². The number of hydrazine groups is 1. The molecule has 30 heavy (non-hydrogen) atoms. The van der Waals surface area contributed by atoms with E-state index in [0.29, 0.717) is 11.4 Å². The van der Waals surface area contributed by atoms with Crippen LogP contribution in [0.3, 0.4) is 0 Å². The lowest BCUT2D eigenvalue weighted by molar-refractivity contribution is 0.253. The third kappa shape index (κ3) is 4.42. The Morgan fingerprint density at radius 2 is 0.933 bits per heavy atom. The molecule has 0 spiro atoms. The summed E-state index contributed by atoms with van der Waals surface area (Å²) in [4.78, 5) is 13.3. The Hall–Kier alpha value is -4.25. The second-order valence-corrected chi connectivity index (χ2v) is 6.45. The topological polar surface area (TPSA) is 48.3 Å². The third-order valence-electron chi connectivity index (χ3n) is 4.39. The van der Waals surface area contributed by atoms with Gasteiger partial charge in [0.15, 0.2) is 0 Å². The number of amides is 2. The Labute approximate surface area is 175 Å². The van der Waals surface area contributed by atoms with Crippen molar-refractivity contribution in [3.8, 4) is 0 Å². The number of anilines is 3. The molecule has 0 N–H and O–H groups in total. The van der Waals surface area contributed by atoms with Gasteiger partial charge in [-0.2, -0.15) is 5.01 Å². The van der Waals surface area contributed by atoms with Crippen molar-refractivity contribution in [2.75, 3.05) is 10.0 Å². The maximum atomic E-state index is 13.3. The first-order chi connectivity index (χ1) is 14.8. The van der Waals surface area contributed by atoms with E-state index in [1.54, 1.807) is 12.1 Å². The number of para-hydroxylation sites is 3. The molecule has 0 fully saturated rings. The van der Waals surface area contributed by atoms with Crippen molar-refractivity contribution in [2.24, 2.45) is 10.2 Å². The summed E-state index contributed by atoms with van der Waals surface area (Å²) in [5.41, 5.74) is 2.96. The Morgan fingerprint density at radius 3 is 1.40 bits per heavy atom. The highest BCUT2D eigenvalue weighted by atomic mass is 16.2. The summed E-state index contributed by atoms with van der Waals surface area (Å²) in [6.45, 7) is 0. The van der Waals surface area contributed by atoms with Crippen LogP contribution in [-0.2, 0) is 0 Å². The molecule has 146 valence electrons. The lowest BCUT2D eigenvalue weighted by Gasteiger charge is -2.35. The molecular weight excluding hydrogens is 372 g/mol. The monoisotopic (exact) mass is 392 g/mol. The number of hydrogen-bond acceptors (Lipinski definition) is 3. The summed E-state index contributed by atoms with van der Waals surface area (Å²) in [5.74, 6) is 0. The molecule has 0 unspecified atom stereocenters. The lowest BCUT2D eigenvalue weighted by Crippen LogP contribution is -2.42. The Kier molecular flexibility index (Phi) is 5.91. The molecule has 2 amide bonds. The summed E-state index contributed by atoms with van der Waals surface area (Å²) >= 11 is 0. The van der Waals surface area contributed by atoms with Gasteiger partial charge >= 0.3 is 6.03 Å². The first-order valence-electron chi connectivity index (χ1n) is 9.59. The fraction of sp³-hybridized carbons (Fsp3) is 0. The summed E-state index contributed by atoms with van der Waals surface area (Å²) in [5, 5.41) is 11.5. The first-order valence-corrected chi connectivity index (χ1v) is 9.59. The minimum atomic E-state index is -0.502. The average molecular weight is 392 g/mol. The molecule has 5 heteroatoms. The second-order valence-electron chi connectivity index (χ2n) is 6.45. The summed E-state index contributed by atoms with van der Waals surface area (Å²) < 4.78 is 0. The van der Waals surface area contributed by atoms with Gasteiger partial charge < -0.3 is 0 Å². The van der Waals surface area contributed by atoms with Crippen LogP contribution in [0.5, 0.6) is 0 Å². The van der Waals surface area contributed by atoms with E-state index in [0.717, 1.165) is 11.4 Å². The van der Waals surface area contributed by atoms with Gasteiger partial charge in [0.05, 0.1) is 22.7 Å². The Bertz CT molecular complexity index is 1060. The van der Waals surface area contributed by atoms with Gasteiger partial charge in [-0.3, -0.25) is 0 Å². The summed E-state index contributed by atoms with van der Waals surface area (Å²) in [6, 6.07) is 37.5. The van der Waals surface area contributed by atoms with Gasteiger partial charge in [0, 0.05) is 0 Å². The molecule has 0 heterocycles. The largest absolute Gasteiger partial charge is 0.386 e. The average Bonchev–Trinajstić information content (AvgIpc) is 2.83. The summed E-state index contributed by atoms with van der Waals surface area (Å²) in [7, 11) is 0. The number of rotatable bonds is 5. The third-order valence-corrected chi connectivity index (χ3v) is 4.39. The highest BCUT2D eigenvalue weighted by Crippen LogP contribution is 2.31. The van der Waals surface area contributed by atoms with Gasteiger partial charge in [-0.15, -0.1) is 5.11 Å². The number of carbonyl (C=O) groups is 1. The van der Waals surface area contributed by atoms with Crippen LogP contribution < -0.4 is 10.0 Å². The van der Waals surface area contributed by atoms with Crippen LogP contribution in [0.2, 0.25) is 0 Å². The molecule has 0 atom stereocenters.